The standard InChI is InChI=1S/C14H29NO4S2/c1-5-9-15-14(11(2)20(3,16)17)12-7-6-8-13(10-12)21(4,18)19/h11-15H,5-10H2,1-4H3. The summed E-state index contributed by atoms with van der Waals surface area (Å²) in [5.41, 5.74) is 0. The smallest absolute Gasteiger partial charge is 0.151 e. The Labute approximate surface area is 129 Å². The highest BCUT2D eigenvalue weighted by atomic mass is 32.2. The highest BCUT2D eigenvalue weighted by Gasteiger charge is 2.37. The van der Waals surface area contributed by atoms with Gasteiger partial charge in [-0.05, 0) is 45.1 Å². The molecule has 1 saturated carbocycles. The Bertz CT molecular complexity index is 527. The monoisotopic (exact) mass is 339 g/mol. The molecule has 0 spiro atoms. The van der Waals surface area contributed by atoms with Crippen LogP contribution in [0.15, 0.2) is 0 Å². The quantitative estimate of drug-likeness (QED) is 0.758. The van der Waals surface area contributed by atoms with Gasteiger partial charge in [-0.25, -0.2) is 16.8 Å². The van der Waals surface area contributed by atoms with E-state index < -0.39 is 24.9 Å². The van der Waals surface area contributed by atoms with E-state index in [2.05, 4.69) is 5.32 Å². The van der Waals surface area contributed by atoms with E-state index in [0.717, 1.165) is 25.8 Å². The third-order valence-corrected chi connectivity index (χ3v) is 7.87. The Morgan fingerprint density at radius 1 is 1.14 bits per heavy atom. The Morgan fingerprint density at radius 3 is 2.24 bits per heavy atom. The van der Waals surface area contributed by atoms with Gasteiger partial charge in [0.2, 0.25) is 0 Å². The van der Waals surface area contributed by atoms with Gasteiger partial charge in [-0.3, -0.25) is 0 Å². The maximum Gasteiger partial charge on any atom is 0.151 e. The van der Waals surface area contributed by atoms with Gasteiger partial charge in [-0.15, -0.1) is 0 Å². The summed E-state index contributed by atoms with van der Waals surface area (Å²) in [5.74, 6) is 0.106. The molecule has 126 valence electrons. The van der Waals surface area contributed by atoms with Crippen LogP contribution >= 0.6 is 0 Å². The molecule has 1 fully saturated rings. The lowest BCUT2D eigenvalue weighted by Gasteiger charge is -2.37. The molecular weight excluding hydrogens is 310 g/mol. The van der Waals surface area contributed by atoms with Crippen molar-refractivity contribution in [3.05, 3.63) is 0 Å². The molecule has 1 N–H and O–H groups in total. The second-order valence-electron chi connectivity index (χ2n) is 6.39. The van der Waals surface area contributed by atoms with Gasteiger partial charge < -0.3 is 5.32 Å². The molecule has 21 heavy (non-hydrogen) atoms. The zero-order chi connectivity index (χ0) is 16.3. The summed E-state index contributed by atoms with van der Waals surface area (Å²) in [6.07, 6.45) is 6.48. The van der Waals surface area contributed by atoms with Gasteiger partial charge in [-0.2, -0.15) is 0 Å². The zero-order valence-electron chi connectivity index (χ0n) is 13.5. The number of sulfone groups is 2. The van der Waals surface area contributed by atoms with Crippen molar-refractivity contribution >= 4 is 19.7 Å². The van der Waals surface area contributed by atoms with Crippen LogP contribution in [0.2, 0.25) is 0 Å². The Morgan fingerprint density at radius 2 is 1.76 bits per heavy atom. The van der Waals surface area contributed by atoms with E-state index in [9.17, 15) is 16.8 Å². The largest absolute Gasteiger partial charge is 0.312 e. The molecule has 0 saturated heterocycles. The van der Waals surface area contributed by atoms with Gasteiger partial charge in [0.05, 0.1) is 10.5 Å². The molecule has 5 nitrogen and oxygen atoms in total. The van der Waals surface area contributed by atoms with E-state index in [4.69, 9.17) is 0 Å². The summed E-state index contributed by atoms with van der Waals surface area (Å²) in [5, 5.41) is 2.53. The second-order valence-corrected chi connectivity index (χ2v) is 11.1. The molecule has 1 rings (SSSR count). The van der Waals surface area contributed by atoms with Crippen LogP contribution in [-0.2, 0) is 19.7 Å². The average molecular weight is 340 g/mol. The first-order valence-corrected chi connectivity index (χ1v) is 11.6. The summed E-state index contributed by atoms with van der Waals surface area (Å²) in [7, 11) is -6.20. The molecule has 0 amide bonds. The van der Waals surface area contributed by atoms with Crippen molar-refractivity contribution in [2.24, 2.45) is 5.92 Å². The SMILES string of the molecule is CCCNC(C1CCCC(S(C)(=O)=O)C1)C(C)S(C)(=O)=O. The second kappa shape index (κ2) is 7.42. The Hall–Kier alpha value is -0.140. The maximum absolute atomic E-state index is 11.9. The van der Waals surface area contributed by atoms with E-state index in [0.29, 0.717) is 12.8 Å². The summed E-state index contributed by atoms with van der Waals surface area (Å²) >= 11 is 0. The van der Waals surface area contributed by atoms with Crippen LogP contribution in [0.1, 0.15) is 46.0 Å². The Kier molecular flexibility index (Phi) is 6.68. The van der Waals surface area contributed by atoms with Gasteiger partial charge in [0.15, 0.2) is 9.84 Å². The van der Waals surface area contributed by atoms with Crippen molar-refractivity contribution in [1.29, 1.82) is 0 Å². The van der Waals surface area contributed by atoms with Crippen LogP contribution in [0.4, 0.5) is 0 Å². The van der Waals surface area contributed by atoms with Gasteiger partial charge >= 0.3 is 0 Å². The Balaban J connectivity index is 2.92. The molecular formula is C14H29NO4S2. The fourth-order valence-corrected chi connectivity index (χ4v) is 5.23. The van der Waals surface area contributed by atoms with Gasteiger partial charge in [0, 0.05) is 18.6 Å². The van der Waals surface area contributed by atoms with Crippen molar-refractivity contribution in [3.63, 3.8) is 0 Å². The van der Waals surface area contributed by atoms with Crippen LogP contribution in [0.25, 0.3) is 0 Å². The molecule has 0 aromatic heterocycles. The summed E-state index contributed by atoms with van der Waals surface area (Å²) in [4.78, 5) is 0. The van der Waals surface area contributed by atoms with E-state index in [1.165, 1.54) is 12.5 Å². The lowest BCUT2D eigenvalue weighted by Crippen LogP contribution is -2.49. The highest BCUT2D eigenvalue weighted by Crippen LogP contribution is 2.32. The van der Waals surface area contributed by atoms with E-state index in [1.807, 2.05) is 6.92 Å². The number of hydrogen-bond acceptors (Lipinski definition) is 5. The third-order valence-electron chi connectivity index (χ3n) is 4.59. The lowest BCUT2D eigenvalue weighted by atomic mass is 9.82. The first-order chi connectivity index (χ1) is 9.57. The lowest BCUT2D eigenvalue weighted by molar-refractivity contribution is 0.265. The fraction of sp³-hybridized carbons (Fsp3) is 1.00. The average Bonchev–Trinajstić information content (AvgIpc) is 2.37. The van der Waals surface area contributed by atoms with Crippen molar-refractivity contribution in [1.82, 2.24) is 5.32 Å². The topological polar surface area (TPSA) is 80.3 Å². The molecule has 0 heterocycles. The third kappa shape index (κ3) is 5.53. The maximum atomic E-state index is 11.9. The molecule has 1 aliphatic carbocycles. The number of rotatable bonds is 7. The summed E-state index contributed by atoms with van der Waals surface area (Å²) in [6.45, 7) is 4.52. The first kappa shape index (κ1) is 18.9. The van der Waals surface area contributed by atoms with Gasteiger partial charge in [-0.1, -0.05) is 13.3 Å². The molecule has 7 heteroatoms. The van der Waals surface area contributed by atoms with Crippen LogP contribution in [0.5, 0.6) is 0 Å². The summed E-state index contributed by atoms with van der Waals surface area (Å²) in [6, 6.07) is -0.163. The minimum atomic E-state index is -3.15. The number of hydrogen-bond donors (Lipinski definition) is 1. The molecule has 4 unspecified atom stereocenters. The zero-order valence-corrected chi connectivity index (χ0v) is 15.1. The molecule has 0 radical (unpaired) electrons. The predicted molar refractivity (Wildman–Crippen MR) is 87.0 cm³/mol. The highest BCUT2D eigenvalue weighted by molar-refractivity contribution is 7.91. The van der Waals surface area contributed by atoms with Crippen molar-refractivity contribution in [2.75, 3.05) is 19.1 Å². The van der Waals surface area contributed by atoms with E-state index in [-0.39, 0.29) is 17.2 Å². The first-order valence-electron chi connectivity index (χ1n) is 7.68. The van der Waals surface area contributed by atoms with Gasteiger partial charge in [0.1, 0.15) is 9.84 Å². The fourth-order valence-electron chi connectivity index (χ4n) is 3.19. The van der Waals surface area contributed by atoms with E-state index >= 15 is 0 Å². The molecule has 4 atom stereocenters. The van der Waals surface area contributed by atoms with Crippen molar-refractivity contribution in [2.45, 2.75) is 62.5 Å². The van der Waals surface area contributed by atoms with Crippen LogP contribution in [0.3, 0.4) is 0 Å². The predicted octanol–water partition coefficient (Wildman–Crippen LogP) is 1.39. The summed E-state index contributed by atoms with van der Waals surface area (Å²) < 4.78 is 47.4. The normalized spacial score (nSPS) is 27.2. The van der Waals surface area contributed by atoms with E-state index in [1.54, 1.807) is 6.92 Å². The molecule has 0 aliphatic heterocycles. The van der Waals surface area contributed by atoms with Crippen molar-refractivity contribution < 1.29 is 16.8 Å². The van der Waals surface area contributed by atoms with Crippen LogP contribution < -0.4 is 5.32 Å². The molecule has 1 aliphatic rings. The van der Waals surface area contributed by atoms with Crippen molar-refractivity contribution in [3.8, 4) is 0 Å². The molecule has 0 aromatic rings. The minimum absolute atomic E-state index is 0.106. The van der Waals surface area contributed by atoms with Gasteiger partial charge in [0.25, 0.3) is 0 Å². The number of nitrogens with one attached hydrogen (secondary N) is 1. The van der Waals surface area contributed by atoms with Crippen LogP contribution in [0, 0.1) is 5.92 Å². The van der Waals surface area contributed by atoms with Crippen LogP contribution in [-0.4, -0.2) is 52.4 Å². The molecule has 0 aromatic carbocycles. The molecule has 0 bridgehead atoms. The minimum Gasteiger partial charge on any atom is -0.312 e.